The minimum absolute atomic E-state index is 0.0141. The summed E-state index contributed by atoms with van der Waals surface area (Å²) in [5, 5.41) is 66.2. The first-order valence-corrected chi connectivity index (χ1v) is 17.8. The van der Waals surface area contributed by atoms with Crippen molar-refractivity contribution >= 4 is 0 Å². The SMILES string of the molecule is C[C@@H]1O[C@@H](O[C@H]2C[C@@H]3[C@]4(CC[C@]5(C)[C@@H]([C@@]6(C)CC[C@@H](C(C)(C)O)O6)[C@@H](O)C[C@@]35C)C[C@@]43CC[C@H](O)C(C)(C)[C@H]23)[C@H](O)[C@H](O)[C@H]1O. The highest BCUT2D eigenvalue weighted by atomic mass is 16.7. The van der Waals surface area contributed by atoms with E-state index in [1.165, 1.54) is 0 Å². The van der Waals surface area contributed by atoms with Crippen LogP contribution in [-0.2, 0) is 14.2 Å². The van der Waals surface area contributed by atoms with Crippen molar-refractivity contribution in [1.29, 1.82) is 0 Å². The second-order valence-corrected chi connectivity index (χ2v) is 18.7. The van der Waals surface area contributed by atoms with Crippen molar-refractivity contribution in [2.75, 3.05) is 0 Å². The third-order valence-corrected chi connectivity index (χ3v) is 15.9. The predicted octanol–water partition coefficient (Wildman–Crippen LogP) is 3.29. The summed E-state index contributed by atoms with van der Waals surface area (Å²) < 4.78 is 19.5. The van der Waals surface area contributed by atoms with Crippen LogP contribution in [-0.4, -0.2) is 97.0 Å². The first-order valence-electron chi connectivity index (χ1n) is 17.8. The Labute approximate surface area is 269 Å². The molecule has 2 saturated heterocycles. The minimum atomic E-state index is -1.39. The third-order valence-electron chi connectivity index (χ3n) is 15.9. The van der Waals surface area contributed by atoms with Crippen molar-refractivity contribution in [3.05, 3.63) is 0 Å². The Bertz CT molecular complexity index is 1190. The average Bonchev–Trinajstić information content (AvgIpc) is 3.31. The van der Waals surface area contributed by atoms with Crippen molar-refractivity contribution in [3.63, 3.8) is 0 Å². The molecule has 0 aromatic heterocycles. The molecular formula is C36H60O9. The fraction of sp³-hybridized carbons (Fsp3) is 1.00. The molecule has 0 amide bonds. The maximum Gasteiger partial charge on any atom is 0.186 e. The summed E-state index contributed by atoms with van der Waals surface area (Å²) in [6.45, 7) is 16.6. The van der Waals surface area contributed by atoms with Gasteiger partial charge in [-0.1, -0.05) is 27.7 Å². The maximum atomic E-state index is 12.0. The van der Waals surface area contributed by atoms with Gasteiger partial charge in [-0.15, -0.1) is 0 Å². The molecule has 0 bridgehead atoms. The first-order chi connectivity index (χ1) is 20.7. The van der Waals surface area contributed by atoms with Crippen LogP contribution in [0.3, 0.4) is 0 Å². The Morgan fingerprint density at radius 1 is 0.778 bits per heavy atom. The van der Waals surface area contributed by atoms with Crippen molar-refractivity contribution in [2.24, 2.45) is 44.8 Å². The average molecular weight is 637 g/mol. The molecule has 0 radical (unpaired) electrons. The summed E-state index contributed by atoms with van der Waals surface area (Å²) in [5.74, 6) is 0.218. The summed E-state index contributed by atoms with van der Waals surface area (Å²) in [4.78, 5) is 0. The van der Waals surface area contributed by atoms with Crippen LogP contribution in [0.15, 0.2) is 0 Å². The Kier molecular flexibility index (Phi) is 7.27. The van der Waals surface area contributed by atoms with Crippen LogP contribution in [0.1, 0.15) is 113 Å². The zero-order valence-corrected chi connectivity index (χ0v) is 28.7. The van der Waals surface area contributed by atoms with Gasteiger partial charge in [-0.3, -0.25) is 0 Å². The second-order valence-electron chi connectivity index (χ2n) is 18.7. The number of aliphatic hydroxyl groups excluding tert-OH is 5. The van der Waals surface area contributed by atoms with Gasteiger partial charge >= 0.3 is 0 Å². The molecule has 2 spiro atoms. The molecule has 9 heteroatoms. The lowest BCUT2D eigenvalue weighted by Crippen LogP contribution is -2.64. The van der Waals surface area contributed by atoms with Gasteiger partial charge in [0.1, 0.15) is 18.3 Å². The Morgan fingerprint density at radius 2 is 1.47 bits per heavy atom. The number of hydrogen-bond acceptors (Lipinski definition) is 9. The Balaban J connectivity index is 1.26. The predicted molar refractivity (Wildman–Crippen MR) is 166 cm³/mol. The molecule has 5 aliphatic carbocycles. The van der Waals surface area contributed by atoms with Crippen LogP contribution in [0.5, 0.6) is 0 Å². The fourth-order valence-electron chi connectivity index (χ4n) is 13.5. The molecule has 9 nitrogen and oxygen atoms in total. The van der Waals surface area contributed by atoms with Gasteiger partial charge < -0.3 is 44.8 Å². The van der Waals surface area contributed by atoms with E-state index in [1.807, 2.05) is 13.8 Å². The van der Waals surface area contributed by atoms with Gasteiger partial charge in [0.15, 0.2) is 6.29 Å². The normalized spacial score (nSPS) is 60.4. The lowest BCUT2D eigenvalue weighted by atomic mass is 9.41. The molecule has 258 valence electrons. The number of rotatable bonds is 4. The molecular weight excluding hydrogens is 576 g/mol. The van der Waals surface area contributed by atoms with E-state index in [2.05, 4.69) is 34.6 Å². The van der Waals surface area contributed by atoms with E-state index in [1.54, 1.807) is 6.92 Å². The van der Waals surface area contributed by atoms with Crippen molar-refractivity contribution in [1.82, 2.24) is 0 Å². The van der Waals surface area contributed by atoms with Gasteiger partial charge in [0, 0.05) is 5.92 Å². The van der Waals surface area contributed by atoms with Crippen LogP contribution in [0.25, 0.3) is 0 Å². The number of hydrogen-bond donors (Lipinski definition) is 6. The van der Waals surface area contributed by atoms with E-state index in [4.69, 9.17) is 14.2 Å². The summed E-state index contributed by atoms with van der Waals surface area (Å²) in [6, 6.07) is 0. The monoisotopic (exact) mass is 636 g/mol. The summed E-state index contributed by atoms with van der Waals surface area (Å²) in [7, 11) is 0. The van der Waals surface area contributed by atoms with Crippen LogP contribution in [0.4, 0.5) is 0 Å². The number of aliphatic hydroxyl groups is 6. The lowest BCUT2D eigenvalue weighted by Gasteiger charge is -2.65. The molecule has 17 atom stereocenters. The lowest BCUT2D eigenvalue weighted by molar-refractivity contribution is -0.326. The van der Waals surface area contributed by atoms with E-state index < -0.39 is 59.5 Å². The highest BCUT2D eigenvalue weighted by Gasteiger charge is 2.85. The van der Waals surface area contributed by atoms with Gasteiger partial charge in [-0.25, -0.2) is 0 Å². The highest BCUT2D eigenvalue weighted by molar-refractivity contribution is 5.33. The molecule has 0 aromatic rings. The molecule has 6 N–H and O–H groups in total. The van der Waals surface area contributed by atoms with Gasteiger partial charge in [0.05, 0.1) is 41.7 Å². The summed E-state index contributed by atoms with van der Waals surface area (Å²) in [6.07, 6.45) is 0.447. The molecule has 7 aliphatic rings. The molecule has 5 saturated carbocycles. The zero-order chi connectivity index (χ0) is 32.9. The Morgan fingerprint density at radius 3 is 2.11 bits per heavy atom. The molecule has 2 heterocycles. The minimum Gasteiger partial charge on any atom is -0.393 e. The van der Waals surface area contributed by atoms with E-state index >= 15 is 0 Å². The topological polar surface area (TPSA) is 149 Å². The second kappa shape index (κ2) is 9.87. The van der Waals surface area contributed by atoms with E-state index in [9.17, 15) is 30.6 Å². The van der Waals surface area contributed by atoms with Gasteiger partial charge in [-0.2, -0.15) is 0 Å². The smallest absolute Gasteiger partial charge is 0.186 e. The van der Waals surface area contributed by atoms with E-state index in [-0.39, 0.29) is 51.6 Å². The molecule has 0 unspecified atom stereocenters. The van der Waals surface area contributed by atoms with Crippen LogP contribution >= 0.6 is 0 Å². The third kappa shape index (κ3) is 4.17. The quantitative estimate of drug-likeness (QED) is 0.256. The summed E-state index contributed by atoms with van der Waals surface area (Å²) in [5.41, 5.74) is -2.24. The molecule has 45 heavy (non-hydrogen) atoms. The van der Waals surface area contributed by atoms with Crippen molar-refractivity contribution < 1.29 is 44.8 Å². The largest absolute Gasteiger partial charge is 0.393 e. The van der Waals surface area contributed by atoms with Crippen molar-refractivity contribution in [3.8, 4) is 0 Å². The van der Waals surface area contributed by atoms with E-state index in [0.29, 0.717) is 6.42 Å². The molecule has 2 aliphatic heterocycles. The maximum absolute atomic E-state index is 12.0. The van der Waals surface area contributed by atoms with Gasteiger partial charge in [0.25, 0.3) is 0 Å². The van der Waals surface area contributed by atoms with Crippen molar-refractivity contribution in [2.45, 2.75) is 180 Å². The molecule has 7 fully saturated rings. The van der Waals surface area contributed by atoms with Crippen LogP contribution in [0, 0.1) is 44.8 Å². The molecule has 0 aromatic carbocycles. The number of ether oxygens (including phenoxy) is 3. The molecule has 7 rings (SSSR count). The first kappa shape index (κ1) is 33.2. The fourth-order valence-corrected chi connectivity index (χ4v) is 13.5. The standard InChI is InChI=1S/C36H60O9/c1-18-24(39)25(40)26(41)29(43-18)44-20-15-21-33(7)16-19(37)27(34(8)11-10-23(45-34)31(4,5)42)32(33,6)13-14-35(21)17-36(35)12-9-22(38)30(2,3)28(20)36/h18-29,37-42H,9-17H2,1-8H3/t18-,19-,20-,21-,22-,23-,24-,25+,26+,27-,28-,29-,32+,33-,34+,35-,36+/m0/s1. The van der Waals surface area contributed by atoms with Crippen LogP contribution < -0.4 is 0 Å². The highest BCUT2D eigenvalue weighted by Crippen LogP contribution is 2.89. The van der Waals surface area contributed by atoms with E-state index in [0.717, 1.165) is 51.4 Å². The van der Waals surface area contributed by atoms with Gasteiger partial charge in [-0.05, 0) is 124 Å². The summed E-state index contributed by atoms with van der Waals surface area (Å²) >= 11 is 0. The Hall–Kier alpha value is -0.360. The zero-order valence-electron chi connectivity index (χ0n) is 28.7. The van der Waals surface area contributed by atoms with Gasteiger partial charge in [0.2, 0.25) is 0 Å². The number of fused-ring (bicyclic) bond motifs is 2. The van der Waals surface area contributed by atoms with Crippen LogP contribution in [0.2, 0.25) is 0 Å².